The second-order valence-corrected chi connectivity index (χ2v) is 7.00. The van der Waals surface area contributed by atoms with Gasteiger partial charge >= 0.3 is 0 Å². The van der Waals surface area contributed by atoms with E-state index < -0.39 is 22.4 Å². The maximum absolute atomic E-state index is 13.3. The molecule has 0 saturated heterocycles. The van der Waals surface area contributed by atoms with Gasteiger partial charge in [-0.3, -0.25) is 0 Å². The van der Waals surface area contributed by atoms with Gasteiger partial charge in [0.15, 0.2) is 0 Å². The third-order valence-electron chi connectivity index (χ3n) is 3.34. The molecule has 0 aliphatic rings. The van der Waals surface area contributed by atoms with E-state index in [-0.39, 0.29) is 16.5 Å². The molecule has 4 nitrogen and oxygen atoms in total. The van der Waals surface area contributed by atoms with E-state index in [9.17, 15) is 12.8 Å². The average molecular weight is 317 g/mol. The molecule has 0 fully saturated rings. The van der Waals surface area contributed by atoms with Gasteiger partial charge in [0.2, 0.25) is 10.0 Å². The first-order valence-electron chi connectivity index (χ1n) is 7.32. The zero-order chi connectivity index (χ0) is 15.9. The van der Waals surface area contributed by atoms with Crippen LogP contribution in [0, 0.1) is 5.82 Å². The monoisotopic (exact) mass is 317 g/mol. The lowest BCUT2D eigenvalue weighted by molar-refractivity contribution is 0.275. The molecule has 1 unspecified atom stereocenters. The van der Waals surface area contributed by atoms with E-state index in [1.54, 1.807) is 0 Å². The Bertz CT molecular complexity index is 546. The number of aliphatic hydroxyl groups is 1. The van der Waals surface area contributed by atoms with Crippen LogP contribution in [0.3, 0.4) is 0 Å². The lowest BCUT2D eigenvalue weighted by Gasteiger charge is -2.14. The summed E-state index contributed by atoms with van der Waals surface area (Å²) < 4.78 is 40.3. The van der Waals surface area contributed by atoms with Crippen LogP contribution in [-0.2, 0) is 16.6 Å². The van der Waals surface area contributed by atoms with Crippen LogP contribution in [0.2, 0.25) is 0 Å². The molecule has 1 aromatic rings. The van der Waals surface area contributed by atoms with E-state index in [4.69, 9.17) is 5.11 Å². The molecule has 21 heavy (non-hydrogen) atoms. The first-order chi connectivity index (χ1) is 9.90. The van der Waals surface area contributed by atoms with Gasteiger partial charge in [-0.25, -0.2) is 17.5 Å². The normalized spacial score (nSPS) is 13.3. The maximum atomic E-state index is 13.3. The molecule has 0 aromatic heterocycles. The summed E-state index contributed by atoms with van der Waals surface area (Å²) in [5.74, 6) is -0.607. The van der Waals surface area contributed by atoms with Gasteiger partial charge in [-0.05, 0) is 31.5 Å². The zero-order valence-electron chi connectivity index (χ0n) is 12.6. The van der Waals surface area contributed by atoms with E-state index in [2.05, 4.69) is 11.6 Å². The molecule has 1 rings (SSSR count). The molecule has 0 bridgehead atoms. The van der Waals surface area contributed by atoms with E-state index in [1.165, 1.54) is 12.1 Å². The Kier molecular flexibility index (Phi) is 7.28. The van der Waals surface area contributed by atoms with E-state index in [0.717, 1.165) is 38.2 Å². The first kappa shape index (κ1) is 18.1. The van der Waals surface area contributed by atoms with Gasteiger partial charge in [-0.2, -0.15) is 0 Å². The molecule has 0 radical (unpaired) electrons. The van der Waals surface area contributed by atoms with Crippen molar-refractivity contribution in [3.05, 3.63) is 29.6 Å². The van der Waals surface area contributed by atoms with Crippen LogP contribution in [0.15, 0.2) is 23.1 Å². The van der Waals surface area contributed by atoms with E-state index in [0.29, 0.717) is 0 Å². The van der Waals surface area contributed by atoms with Gasteiger partial charge in [-0.1, -0.05) is 32.6 Å². The van der Waals surface area contributed by atoms with Crippen LogP contribution in [0.25, 0.3) is 0 Å². The van der Waals surface area contributed by atoms with Gasteiger partial charge < -0.3 is 5.11 Å². The molecule has 6 heteroatoms. The molecule has 0 saturated carbocycles. The third-order valence-corrected chi connectivity index (χ3v) is 4.93. The van der Waals surface area contributed by atoms with Crippen molar-refractivity contribution in [2.24, 2.45) is 0 Å². The molecule has 2 N–H and O–H groups in total. The number of benzene rings is 1. The Hall–Kier alpha value is -0.980. The quantitative estimate of drug-likeness (QED) is 0.688. The number of hydrogen-bond acceptors (Lipinski definition) is 3. The molecule has 1 atom stereocenters. The van der Waals surface area contributed by atoms with Crippen molar-refractivity contribution >= 4 is 10.0 Å². The summed E-state index contributed by atoms with van der Waals surface area (Å²) >= 11 is 0. The van der Waals surface area contributed by atoms with Gasteiger partial charge in [0.25, 0.3) is 0 Å². The summed E-state index contributed by atoms with van der Waals surface area (Å²) in [7, 11) is -3.68. The number of hydrogen-bond donors (Lipinski definition) is 2. The van der Waals surface area contributed by atoms with Crippen LogP contribution in [-0.4, -0.2) is 19.6 Å². The highest BCUT2D eigenvalue weighted by atomic mass is 32.2. The zero-order valence-corrected chi connectivity index (χ0v) is 13.4. The Labute approximate surface area is 126 Å². The lowest BCUT2D eigenvalue weighted by atomic mass is 10.1. The van der Waals surface area contributed by atoms with Crippen molar-refractivity contribution in [1.29, 1.82) is 0 Å². The number of halogens is 1. The summed E-state index contributed by atoms with van der Waals surface area (Å²) in [6.45, 7) is 3.42. The van der Waals surface area contributed by atoms with Crippen molar-refractivity contribution in [3.63, 3.8) is 0 Å². The summed E-state index contributed by atoms with van der Waals surface area (Å²) in [6.07, 6.45) is 5.13. The Morgan fingerprint density at radius 2 is 2.00 bits per heavy atom. The fourth-order valence-electron chi connectivity index (χ4n) is 2.11. The highest BCUT2D eigenvalue weighted by molar-refractivity contribution is 7.89. The van der Waals surface area contributed by atoms with Crippen molar-refractivity contribution in [3.8, 4) is 0 Å². The highest BCUT2D eigenvalue weighted by Crippen LogP contribution is 2.16. The SMILES string of the molecule is CCCCCCC(C)NS(=O)(=O)c1ccc(F)c(CO)c1. The van der Waals surface area contributed by atoms with Gasteiger partial charge in [0.05, 0.1) is 11.5 Å². The predicted octanol–water partition coefficient (Wildman–Crippen LogP) is 2.96. The summed E-state index contributed by atoms with van der Waals surface area (Å²) in [4.78, 5) is -0.0200. The number of sulfonamides is 1. The van der Waals surface area contributed by atoms with Crippen LogP contribution >= 0.6 is 0 Å². The molecule has 0 amide bonds. The first-order valence-corrected chi connectivity index (χ1v) is 8.80. The van der Waals surface area contributed by atoms with Crippen LogP contribution in [0.4, 0.5) is 4.39 Å². The fraction of sp³-hybridized carbons (Fsp3) is 0.600. The molecular weight excluding hydrogens is 293 g/mol. The molecule has 0 spiro atoms. The van der Waals surface area contributed by atoms with Crippen molar-refractivity contribution < 1.29 is 17.9 Å². The van der Waals surface area contributed by atoms with E-state index >= 15 is 0 Å². The minimum atomic E-state index is -3.68. The number of rotatable bonds is 9. The minimum Gasteiger partial charge on any atom is -0.392 e. The molecule has 1 aromatic carbocycles. The minimum absolute atomic E-state index is 0.0199. The highest BCUT2D eigenvalue weighted by Gasteiger charge is 2.18. The number of aliphatic hydroxyl groups excluding tert-OH is 1. The third kappa shape index (κ3) is 5.73. The Morgan fingerprint density at radius 3 is 2.62 bits per heavy atom. The van der Waals surface area contributed by atoms with Gasteiger partial charge in [0.1, 0.15) is 5.82 Å². The Morgan fingerprint density at radius 1 is 1.29 bits per heavy atom. The van der Waals surface area contributed by atoms with Crippen LogP contribution in [0.1, 0.15) is 51.5 Å². The van der Waals surface area contributed by atoms with Crippen molar-refractivity contribution in [2.75, 3.05) is 0 Å². The summed E-state index contributed by atoms with van der Waals surface area (Å²) in [6, 6.07) is 3.27. The topological polar surface area (TPSA) is 66.4 Å². The summed E-state index contributed by atoms with van der Waals surface area (Å²) in [5, 5.41) is 9.00. The largest absolute Gasteiger partial charge is 0.392 e. The van der Waals surface area contributed by atoms with Gasteiger partial charge in [-0.15, -0.1) is 0 Å². The van der Waals surface area contributed by atoms with Crippen molar-refractivity contribution in [2.45, 2.75) is 63.5 Å². The fourth-order valence-corrected chi connectivity index (χ4v) is 3.44. The second-order valence-electron chi connectivity index (χ2n) is 5.28. The molecule has 0 heterocycles. The van der Waals surface area contributed by atoms with Crippen LogP contribution in [0.5, 0.6) is 0 Å². The maximum Gasteiger partial charge on any atom is 0.240 e. The van der Waals surface area contributed by atoms with E-state index in [1.807, 2.05) is 6.92 Å². The van der Waals surface area contributed by atoms with Crippen LogP contribution < -0.4 is 4.72 Å². The average Bonchev–Trinajstić information content (AvgIpc) is 2.43. The predicted molar refractivity (Wildman–Crippen MR) is 80.9 cm³/mol. The molecule has 0 aliphatic carbocycles. The molecule has 0 aliphatic heterocycles. The summed E-state index contributed by atoms with van der Waals surface area (Å²) in [5.41, 5.74) is -0.0199. The number of nitrogens with one attached hydrogen (secondary N) is 1. The lowest BCUT2D eigenvalue weighted by Crippen LogP contribution is -2.32. The number of unbranched alkanes of at least 4 members (excludes halogenated alkanes) is 3. The van der Waals surface area contributed by atoms with Gasteiger partial charge in [0, 0.05) is 11.6 Å². The molecular formula is C15H24FNO3S. The molecule has 120 valence electrons. The Balaban J connectivity index is 2.68. The second kappa shape index (κ2) is 8.46. The standard InChI is InChI=1S/C15H24FNO3S/c1-3-4-5-6-7-12(2)17-21(19,20)14-8-9-15(16)13(10-14)11-18/h8-10,12,17-18H,3-7,11H2,1-2H3. The van der Waals surface area contributed by atoms with Crippen molar-refractivity contribution in [1.82, 2.24) is 4.72 Å². The smallest absolute Gasteiger partial charge is 0.240 e.